The Morgan fingerprint density at radius 3 is 2.67 bits per heavy atom. The van der Waals surface area contributed by atoms with E-state index in [1.54, 1.807) is 30.9 Å². The van der Waals surface area contributed by atoms with Crippen LogP contribution in [0.2, 0.25) is 0 Å². The molecule has 0 radical (unpaired) electrons. The third kappa shape index (κ3) is 4.44. The Balaban J connectivity index is 1.42. The summed E-state index contributed by atoms with van der Waals surface area (Å²) in [5.74, 6) is 0.672. The molecule has 2 atom stereocenters. The predicted octanol–water partition coefficient (Wildman–Crippen LogP) is 2.45. The molecule has 0 aromatic carbocycles. The van der Waals surface area contributed by atoms with E-state index in [1.807, 2.05) is 12.3 Å². The maximum absolute atomic E-state index is 13.4. The van der Waals surface area contributed by atoms with Gasteiger partial charge >= 0.3 is 0 Å². The molecule has 0 spiro atoms. The maximum atomic E-state index is 13.4. The van der Waals surface area contributed by atoms with Crippen molar-refractivity contribution in [3.05, 3.63) is 46.5 Å². The molecule has 0 aliphatic heterocycles. The first-order valence-corrected chi connectivity index (χ1v) is 12.4. The Labute approximate surface area is 208 Å². The van der Waals surface area contributed by atoms with E-state index < -0.39 is 6.10 Å². The molecule has 0 bridgehead atoms. The van der Waals surface area contributed by atoms with E-state index in [9.17, 15) is 14.7 Å². The topological polar surface area (TPSA) is 135 Å². The van der Waals surface area contributed by atoms with E-state index in [1.165, 1.54) is 10.7 Å². The van der Waals surface area contributed by atoms with Crippen molar-refractivity contribution in [1.82, 2.24) is 24.5 Å². The molecule has 3 aromatic rings. The maximum Gasteiger partial charge on any atom is 0.274 e. The molecule has 3 heterocycles. The minimum atomic E-state index is -0.526. The summed E-state index contributed by atoms with van der Waals surface area (Å²) < 4.78 is 8.97. The zero-order valence-corrected chi connectivity index (χ0v) is 20.8. The van der Waals surface area contributed by atoms with Crippen LogP contribution in [0.5, 0.6) is 0 Å². The molecule has 5 rings (SSSR count). The van der Waals surface area contributed by atoms with E-state index in [-0.39, 0.29) is 29.2 Å². The molecular formula is C25H33N7O4. The molecule has 0 unspecified atom stereocenters. The molecule has 4 N–H and O–H groups in total. The molecular weight excluding hydrogens is 462 g/mol. The lowest BCUT2D eigenvalue weighted by Gasteiger charge is -2.36. The van der Waals surface area contributed by atoms with Crippen LogP contribution in [0.25, 0.3) is 5.65 Å². The van der Waals surface area contributed by atoms with Gasteiger partial charge in [-0.05, 0) is 57.6 Å². The zero-order chi connectivity index (χ0) is 25.4. The first-order chi connectivity index (χ1) is 17.3. The van der Waals surface area contributed by atoms with Crippen molar-refractivity contribution in [3.8, 4) is 0 Å². The van der Waals surface area contributed by atoms with Gasteiger partial charge in [0.05, 0.1) is 23.9 Å². The van der Waals surface area contributed by atoms with Crippen molar-refractivity contribution in [2.45, 2.75) is 69.2 Å². The lowest BCUT2D eigenvalue weighted by Crippen LogP contribution is -2.50. The van der Waals surface area contributed by atoms with E-state index in [0.717, 1.165) is 32.1 Å². The number of aromatic nitrogens is 4. The third-order valence-electron chi connectivity index (χ3n) is 7.66. The van der Waals surface area contributed by atoms with Crippen LogP contribution in [-0.2, 0) is 4.74 Å². The Bertz CT molecular complexity index is 1330. The van der Waals surface area contributed by atoms with Crippen LogP contribution in [-0.4, -0.2) is 62.1 Å². The number of amides is 1. The fourth-order valence-electron chi connectivity index (χ4n) is 4.99. The zero-order valence-electron chi connectivity index (χ0n) is 20.8. The number of nitrogens with one attached hydrogen (secondary N) is 3. The van der Waals surface area contributed by atoms with Crippen LogP contribution in [0.15, 0.2) is 35.4 Å². The highest BCUT2D eigenvalue weighted by atomic mass is 16.5. The summed E-state index contributed by atoms with van der Waals surface area (Å²) in [4.78, 5) is 30.8. The monoisotopic (exact) mass is 495 g/mol. The van der Waals surface area contributed by atoms with E-state index in [4.69, 9.17) is 4.74 Å². The number of nitrogens with zero attached hydrogens (tertiary/aromatic N) is 4. The van der Waals surface area contributed by atoms with Gasteiger partial charge in [-0.15, -0.1) is 0 Å². The van der Waals surface area contributed by atoms with Gasteiger partial charge in [-0.1, -0.05) is 0 Å². The Hall–Kier alpha value is -3.44. The highest BCUT2D eigenvalue weighted by Crippen LogP contribution is 2.36. The molecule has 1 amide bonds. The predicted molar refractivity (Wildman–Crippen MR) is 136 cm³/mol. The highest BCUT2D eigenvalue weighted by molar-refractivity contribution is 6.00. The van der Waals surface area contributed by atoms with Crippen molar-refractivity contribution in [3.63, 3.8) is 0 Å². The van der Waals surface area contributed by atoms with Crippen molar-refractivity contribution in [1.29, 1.82) is 0 Å². The van der Waals surface area contributed by atoms with Gasteiger partial charge in [0.2, 0.25) is 0 Å². The number of hydrogen-bond acceptors (Lipinski definition) is 8. The van der Waals surface area contributed by atoms with Crippen LogP contribution in [0.1, 0.15) is 61.8 Å². The normalized spacial score (nSPS) is 25.8. The lowest BCUT2D eigenvalue weighted by atomic mass is 9.83. The summed E-state index contributed by atoms with van der Waals surface area (Å²) in [6, 6.07) is 5.17. The molecule has 2 aliphatic carbocycles. The fraction of sp³-hybridized carbons (Fsp3) is 0.520. The van der Waals surface area contributed by atoms with Crippen molar-refractivity contribution in [2.24, 2.45) is 0 Å². The van der Waals surface area contributed by atoms with Crippen molar-refractivity contribution >= 4 is 28.9 Å². The second kappa shape index (κ2) is 9.55. The highest BCUT2D eigenvalue weighted by Gasteiger charge is 2.33. The Kier molecular flexibility index (Phi) is 6.44. The Morgan fingerprint density at radius 1 is 1.25 bits per heavy atom. The average Bonchev–Trinajstić information content (AvgIpc) is 3.32. The molecule has 2 saturated carbocycles. The summed E-state index contributed by atoms with van der Waals surface area (Å²) in [6.07, 6.45) is 7.70. The lowest BCUT2D eigenvalue weighted by molar-refractivity contribution is -0.0324. The minimum Gasteiger partial charge on any atom is -0.391 e. The van der Waals surface area contributed by atoms with E-state index >= 15 is 0 Å². The van der Waals surface area contributed by atoms with Gasteiger partial charge in [0.15, 0.2) is 5.65 Å². The molecule has 2 aliphatic rings. The number of aliphatic hydroxyl groups excluding tert-OH is 1. The molecule has 0 saturated heterocycles. The van der Waals surface area contributed by atoms with Gasteiger partial charge in [0, 0.05) is 32.5 Å². The molecule has 2 fully saturated rings. The van der Waals surface area contributed by atoms with Crippen LogP contribution in [0.3, 0.4) is 0 Å². The number of carbonyl (C=O) groups excluding carboxylic acids is 1. The van der Waals surface area contributed by atoms with Gasteiger partial charge in [-0.2, -0.15) is 9.61 Å². The minimum absolute atomic E-state index is 0.109. The number of hydrogen-bond donors (Lipinski definition) is 4. The van der Waals surface area contributed by atoms with Crippen LogP contribution < -0.4 is 21.5 Å². The van der Waals surface area contributed by atoms with Crippen LogP contribution in [0.4, 0.5) is 17.3 Å². The number of fused-ring (bicyclic) bond motifs is 1. The largest absolute Gasteiger partial charge is 0.391 e. The smallest absolute Gasteiger partial charge is 0.274 e. The first-order valence-electron chi connectivity index (χ1n) is 12.4. The molecule has 3 aromatic heterocycles. The van der Waals surface area contributed by atoms with Crippen LogP contribution >= 0.6 is 0 Å². The average molecular weight is 496 g/mol. The molecule has 36 heavy (non-hydrogen) atoms. The Morgan fingerprint density at radius 2 is 2.03 bits per heavy atom. The number of ether oxygens (including phenoxy) is 1. The number of rotatable bonds is 7. The summed E-state index contributed by atoms with van der Waals surface area (Å²) in [7, 11) is 3.49. The third-order valence-corrected chi connectivity index (χ3v) is 7.66. The molecule has 192 valence electrons. The summed E-state index contributed by atoms with van der Waals surface area (Å²) in [5, 5.41) is 23.2. The second-order valence-corrected chi connectivity index (χ2v) is 9.94. The van der Waals surface area contributed by atoms with Crippen molar-refractivity contribution < 1.29 is 14.6 Å². The second-order valence-electron chi connectivity index (χ2n) is 9.94. The van der Waals surface area contributed by atoms with Crippen LogP contribution in [0, 0.1) is 0 Å². The van der Waals surface area contributed by atoms with E-state index in [2.05, 4.69) is 33.0 Å². The quantitative estimate of drug-likeness (QED) is 0.393. The SMILES string of the molecule is CNc1cc(Nc2cccn(C3CCC(C)(OC)CC3)c2=O)nc2c(C(=O)N[C@H]3CC[C@H]3O)cnn12. The van der Waals surface area contributed by atoms with Gasteiger partial charge in [0.25, 0.3) is 11.5 Å². The molecule has 11 heteroatoms. The van der Waals surface area contributed by atoms with E-state index in [0.29, 0.717) is 35.0 Å². The van der Waals surface area contributed by atoms with Gasteiger partial charge in [0.1, 0.15) is 22.9 Å². The standard InChI is InChI=1S/C25H33N7O4/c1-25(36-3)10-8-15(9-11-25)31-12-4-5-18(24(31)35)28-20-13-21(26-2)32-22(30-20)16(14-27-32)23(34)29-17-6-7-19(17)33/h4-5,12-15,17,19,26,33H,6-11H2,1-3H3,(H,28,30)(H,29,34)/t15?,17-,19+,25?/m0/s1. The number of anilines is 3. The van der Waals surface area contributed by atoms with Gasteiger partial charge in [-0.25, -0.2) is 4.98 Å². The van der Waals surface area contributed by atoms with Gasteiger partial charge < -0.3 is 30.4 Å². The number of carbonyl (C=O) groups is 1. The first kappa shape index (κ1) is 24.3. The summed E-state index contributed by atoms with van der Waals surface area (Å²) >= 11 is 0. The fourth-order valence-corrected chi connectivity index (χ4v) is 4.99. The number of pyridine rings is 1. The summed E-state index contributed by atoms with van der Waals surface area (Å²) in [5.41, 5.74) is 0.785. The molecule has 11 nitrogen and oxygen atoms in total. The number of aliphatic hydroxyl groups is 1. The van der Waals surface area contributed by atoms with Crippen molar-refractivity contribution in [2.75, 3.05) is 24.8 Å². The summed E-state index contributed by atoms with van der Waals surface area (Å²) in [6.45, 7) is 2.12. The van der Waals surface area contributed by atoms with Gasteiger partial charge in [-0.3, -0.25) is 9.59 Å². The number of methoxy groups -OCH3 is 1.